The Kier molecular flexibility index (Phi) is 6.56. The Morgan fingerprint density at radius 3 is 2.62 bits per heavy atom. The average molecular weight is 368 g/mol. The number of rotatable bonds is 3. The van der Waals surface area contributed by atoms with Gasteiger partial charge in [0.1, 0.15) is 5.56 Å². The normalized spacial score (nSPS) is 20.8. The summed E-state index contributed by atoms with van der Waals surface area (Å²) in [5, 5.41) is 16.8. The molecule has 1 aromatic carbocycles. The highest BCUT2D eigenvalue weighted by molar-refractivity contribution is 5.98. The van der Waals surface area contributed by atoms with Crippen LogP contribution in [0.1, 0.15) is 35.7 Å². The highest BCUT2D eigenvalue weighted by Crippen LogP contribution is 2.33. The van der Waals surface area contributed by atoms with E-state index in [1.165, 1.54) is 0 Å². The van der Waals surface area contributed by atoms with E-state index in [1.54, 1.807) is 0 Å². The summed E-state index contributed by atoms with van der Waals surface area (Å²) in [7, 11) is 0. The summed E-state index contributed by atoms with van der Waals surface area (Å²) in [5.74, 6) is -0.744. The molecule has 1 saturated heterocycles. The van der Waals surface area contributed by atoms with Crippen LogP contribution in [0.3, 0.4) is 0 Å². The first-order valence-corrected chi connectivity index (χ1v) is 7.10. The zero-order chi connectivity index (χ0) is 17.2. The van der Waals surface area contributed by atoms with Gasteiger partial charge in [0.05, 0.1) is 10.5 Å². The third kappa shape index (κ3) is 4.57. The molecule has 1 fully saturated rings. The minimum atomic E-state index is -4.71. The molecule has 2 unspecified atom stereocenters. The Labute approximate surface area is 142 Å². The Hall–Kier alpha value is -1.87. The molecule has 2 N–H and O–H groups in total. The molecule has 0 saturated carbocycles. The number of nitro benzene ring substituents is 1. The summed E-state index contributed by atoms with van der Waals surface area (Å²) in [6, 6.07) is 1.67. The van der Waals surface area contributed by atoms with Crippen LogP contribution in [0.2, 0.25) is 0 Å². The van der Waals surface area contributed by atoms with E-state index in [-0.39, 0.29) is 30.1 Å². The number of amides is 1. The van der Waals surface area contributed by atoms with Gasteiger partial charge in [0, 0.05) is 18.2 Å². The second-order valence-corrected chi connectivity index (χ2v) is 5.45. The van der Waals surface area contributed by atoms with Crippen LogP contribution in [0, 0.1) is 10.1 Å². The number of halogens is 4. The first kappa shape index (κ1) is 20.2. The first-order chi connectivity index (χ1) is 10.7. The number of alkyl halides is 3. The predicted molar refractivity (Wildman–Crippen MR) is 83.3 cm³/mol. The lowest BCUT2D eigenvalue weighted by molar-refractivity contribution is -0.385. The highest BCUT2D eigenvalue weighted by Gasteiger charge is 2.34. The minimum Gasteiger partial charge on any atom is -0.348 e. The van der Waals surface area contributed by atoms with Gasteiger partial charge in [0.25, 0.3) is 11.6 Å². The SMILES string of the molecule is CC1NCCCC1NC(=O)c1ccc(C(F)(F)F)cc1[N+](=O)[O-].Cl. The molecule has 2 atom stereocenters. The number of nitrogens with zero attached hydrogens (tertiary/aromatic N) is 1. The van der Waals surface area contributed by atoms with Gasteiger partial charge in [0.2, 0.25) is 0 Å². The summed E-state index contributed by atoms with van der Waals surface area (Å²) in [6.45, 7) is 2.68. The lowest BCUT2D eigenvalue weighted by Gasteiger charge is -2.30. The van der Waals surface area contributed by atoms with Crippen molar-refractivity contribution in [2.24, 2.45) is 0 Å². The molecule has 1 aliphatic heterocycles. The first-order valence-electron chi connectivity index (χ1n) is 7.10. The van der Waals surface area contributed by atoms with Crippen LogP contribution in [0.4, 0.5) is 18.9 Å². The second-order valence-electron chi connectivity index (χ2n) is 5.45. The number of carbonyl (C=O) groups excluding carboxylic acids is 1. The van der Waals surface area contributed by atoms with Crippen LogP contribution in [0.5, 0.6) is 0 Å². The number of benzene rings is 1. The molecule has 2 rings (SSSR count). The predicted octanol–water partition coefficient (Wildman–Crippen LogP) is 2.91. The van der Waals surface area contributed by atoms with Gasteiger partial charge in [-0.25, -0.2) is 0 Å². The molecule has 0 radical (unpaired) electrons. The van der Waals surface area contributed by atoms with E-state index in [4.69, 9.17) is 0 Å². The van der Waals surface area contributed by atoms with Gasteiger partial charge in [-0.15, -0.1) is 12.4 Å². The summed E-state index contributed by atoms with van der Waals surface area (Å²) in [4.78, 5) is 22.2. The summed E-state index contributed by atoms with van der Waals surface area (Å²) < 4.78 is 38.0. The minimum absolute atomic E-state index is 0. The van der Waals surface area contributed by atoms with E-state index < -0.39 is 28.3 Å². The van der Waals surface area contributed by atoms with E-state index in [1.807, 2.05) is 6.92 Å². The Balaban J connectivity index is 0.00000288. The Morgan fingerprint density at radius 2 is 2.08 bits per heavy atom. The molecule has 134 valence electrons. The van der Waals surface area contributed by atoms with Crippen LogP contribution in [0.25, 0.3) is 0 Å². The third-order valence-corrected chi connectivity index (χ3v) is 3.84. The Bertz CT molecular complexity index is 625. The quantitative estimate of drug-likeness (QED) is 0.635. The maximum Gasteiger partial charge on any atom is 0.416 e. The van der Waals surface area contributed by atoms with Crippen LogP contribution in [-0.2, 0) is 6.18 Å². The number of hydrogen-bond acceptors (Lipinski definition) is 4. The van der Waals surface area contributed by atoms with E-state index in [9.17, 15) is 28.1 Å². The van der Waals surface area contributed by atoms with Crippen molar-refractivity contribution >= 4 is 24.0 Å². The molecule has 24 heavy (non-hydrogen) atoms. The van der Waals surface area contributed by atoms with Crippen molar-refractivity contribution in [1.82, 2.24) is 10.6 Å². The van der Waals surface area contributed by atoms with Crippen LogP contribution in [-0.4, -0.2) is 29.5 Å². The zero-order valence-corrected chi connectivity index (χ0v) is 13.5. The van der Waals surface area contributed by atoms with Crippen molar-refractivity contribution < 1.29 is 22.9 Å². The molecule has 10 heteroatoms. The molecule has 0 aromatic heterocycles. The molecule has 0 spiro atoms. The maximum atomic E-state index is 12.7. The van der Waals surface area contributed by atoms with E-state index in [2.05, 4.69) is 10.6 Å². The van der Waals surface area contributed by atoms with Gasteiger partial charge in [-0.1, -0.05) is 0 Å². The van der Waals surface area contributed by atoms with Crippen molar-refractivity contribution in [3.63, 3.8) is 0 Å². The van der Waals surface area contributed by atoms with Crippen molar-refractivity contribution in [3.8, 4) is 0 Å². The van der Waals surface area contributed by atoms with Crippen LogP contribution in [0.15, 0.2) is 18.2 Å². The van der Waals surface area contributed by atoms with Gasteiger partial charge in [-0.05, 0) is 38.4 Å². The lowest BCUT2D eigenvalue weighted by Crippen LogP contribution is -2.51. The van der Waals surface area contributed by atoms with Crippen LogP contribution < -0.4 is 10.6 Å². The number of piperidine rings is 1. The highest BCUT2D eigenvalue weighted by atomic mass is 35.5. The van der Waals surface area contributed by atoms with Gasteiger partial charge >= 0.3 is 6.18 Å². The molecular formula is C14H17ClF3N3O3. The third-order valence-electron chi connectivity index (χ3n) is 3.84. The molecule has 1 aliphatic rings. The molecule has 1 aromatic rings. The van der Waals surface area contributed by atoms with Crippen molar-refractivity contribution in [1.29, 1.82) is 0 Å². The van der Waals surface area contributed by atoms with Crippen molar-refractivity contribution in [2.45, 2.75) is 38.0 Å². The summed E-state index contributed by atoms with van der Waals surface area (Å²) >= 11 is 0. The van der Waals surface area contributed by atoms with E-state index >= 15 is 0 Å². The number of nitro groups is 1. The topological polar surface area (TPSA) is 84.3 Å². The number of nitrogens with one attached hydrogen (secondary N) is 2. The van der Waals surface area contributed by atoms with Gasteiger partial charge in [-0.2, -0.15) is 13.2 Å². The number of hydrogen-bond donors (Lipinski definition) is 2. The molecule has 1 amide bonds. The second kappa shape index (κ2) is 7.80. The molecule has 0 aliphatic carbocycles. The monoisotopic (exact) mass is 367 g/mol. The van der Waals surface area contributed by atoms with Gasteiger partial charge in [0.15, 0.2) is 0 Å². The fourth-order valence-electron chi connectivity index (χ4n) is 2.54. The number of carbonyl (C=O) groups is 1. The molecule has 6 nitrogen and oxygen atoms in total. The lowest BCUT2D eigenvalue weighted by atomic mass is 9.99. The van der Waals surface area contributed by atoms with Crippen molar-refractivity contribution in [3.05, 3.63) is 39.4 Å². The fourth-order valence-corrected chi connectivity index (χ4v) is 2.54. The molecular weight excluding hydrogens is 351 g/mol. The standard InChI is InChI=1S/C14H16F3N3O3.ClH/c1-8-11(3-2-6-18-8)19-13(21)10-5-4-9(14(15,16)17)7-12(10)20(22)23;/h4-5,7-8,11,18H,2-3,6H2,1H3,(H,19,21);1H. The van der Waals surface area contributed by atoms with E-state index in [0.29, 0.717) is 18.6 Å². The smallest absolute Gasteiger partial charge is 0.348 e. The van der Waals surface area contributed by atoms with E-state index in [0.717, 1.165) is 19.0 Å². The molecule has 0 bridgehead atoms. The van der Waals surface area contributed by atoms with Gasteiger partial charge in [-0.3, -0.25) is 14.9 Å². The zero-order valence-electron chi connectivity index (χ0n) is 12.7. The maximum absolute atomic E-state index is 12.7. The van der Waals surface area contributed by atoms with Crippen LogP contribution >= 0.6 is 12.4 Å². The average Bonchev–Trinajstić information content (AvgIpc) is 2.48. The fraction of sp³-hybridized carbons (Fsp3) is 0.500. The van der Waals surface area contributed by atoms with Gasteiger partial charge < -0.3 is 10.6 Å². The summed E-state index contributed by atoms with van der Waals surface area (Å²) in [5.41, 5.74) is -2.39. The molecule has 1 heterocycles. The van der Waals surface area contributed by atoms with Crippen molar-refractivity contribution in [2.75, 3.05) is 6.54 Å². The largest absolute Gasteiger partial charge is 0.416 e. The Morgan fingerprint density at radius 1 is 1.42 bits per heavy atom. The summed E-state index contributed by atoms with van der Waals surface area (Å²) in [6.07, 6.45) is -3.17.